The Balaban J connectivity index is 1.70. The zero-order chi connectivity index (χ0) is 15.1. The van der Waals surface area contributed by atoms with E-state index in [1.807, 2.05) is 24.3 Å². The summed E-state index contributed by atoms with van der Waals surface area (Å²) in [4.78, 5) is 13.1. The molecule has 0 bridgehead atoms. The van der Waals surface area contributed by atoms with Crippen LogP contribution in [0.15, 0.2) is 29.2 Å². The standard InChI is InChI=1S/C16H22ClNO2S/c17-13-5-7-14(8-6-13)21-10-9-16(20)18-15-4-2-1-3-12(15)11-19/h5-8,12,15,19H,1-4,9-11H2,(H,18,20). The molecule has 1 saturated carbocycles. The molecule has 2 rings (SSSR count). The SMILES string of the molecule is O=C(CCSc1ccc(Cl)cc1)NC1CCCCC1CO. The highest BCUT2D eigenvalue weighted by Crippen LogP contribution is 2.24. The summed E-state index contributed by atoms with van der Waals surface area (Å²) in [5.74, 6) is 1.07. The van der Waals surface area contributed by atoms with Gasteiger partial charge in [-0.3, -0.25) is 4.79 Å². The van der Waals surface area contributed by atoms with E-state index in [0.29, 0.717) is 6.42 Å². The Morgan fingerprint density at radius 2 is 2.00 bits per heavy atom. The second kappa shape index (κ2) is 8.66. The fraction of sp³-hybridized carbons (Fsp3) is 0.562. The van der Waals surface area contributed by atoms with Crippen molar-refractivity contribution in [1.82, 2.24) is 5.32 Å². The number of hydrogen-bond acceptors (Lipinski definition) is 3. The van der Waals surface area contributed by atoms with Crippen LogP contribution in [0.4, 0.5) is 0 Å². The maximum absolute atomic E-state index is 12.0. The maximum atomic E-state index is 12.0. The van der Waals surface area contributed by atoms with Gasteiger partial charge in [0.1, 0.15) is 0 Å². The lowest BCUT2D eigenvalue weighted by Crippen LogP contribution is -2.43. The molecule has 2 unspecified atom stereocenters. The third-order valence-electron chi connectivity index (χ3n) is 3.90. The summed E-state index contributed by atoms with van der Waals surface area (Å²) in [6.07, 6.45) is 4.80. The molecule has 5 heteroatoms. The van der Waals surface area contributed by atoms with E-state index in [1.54, 1.807) is 11.8 Å². The lowest BCUT2D eigenvalue weighted by Gasteiger charge is -2.30. The minimum absolute atomic E-state index is 0.0850. The molecule has 0 heterocycles. The Morgan fingerprint density at radius 3 is 2.71 bits per heavy atom. The highest BCUT2D eigenvalue weighted by Gasteiger charge is 2.25. The number of carbonyl (C=O) groups is 1. The molecule has 1 aliphatic carbocycles. The predicted octanol–water partition coefficient (Wildman–Crippen LogP) is 3.49. The van der Waals surface area contributed by atoms with E-state index >= 15 is 0 Å². The Labute approximate surface area is 135 Å². The molecule has 0 saturated heterocycles. The number of amides is 1. The van der Waals surface area contributed by atoms with E-state index in [-0.39, 0.29) is 24.5 Å². The van der Waals surface area contributed by atoms with Gasteiger partial charge in [-0.25, -0.2) is 0 Å². The number of carbonyl (C=O) groups excluding carboxylic acids is 1. The Kier molecular flexibility index (Phi) is 6.87. The number of hydrogen-bond donors (Lipinski definition) is 2. The summed E-state index contributed by atoms with van der Waals surface area (Å²) < 4.78 is 0. The Hall–Kier alpha value is -0.710. The summed E-state index contributed by atoms with van der Waals surface area (Å²) in [6.45, 7) is 0.171. The van der Waals surface area contributed by atoms with Gasteiger partial charge in [0, 0.05) is 40.7 Å². The molecule has 1 aromatic carbocycles. The van der Waals surface area contributed by atoms with Crippen LogP contribution in [0.25, 0.3) is 0 Å². The second-order valence-electron chi connectivity index (χ2n) is 5.45. The molecular formula is C16H22ClNO2S. The van der Waals surface area contributed by atoms with E-state index in [1.165, 1.54) is 0 Å². The van der Waals surface area contributed by atoms with E-state index in [4.69, 9.17) is 11.6 Å². The van der Waals surface area contributed by atoms with Gasteiger partial charge in [-0.15, -0.1) is 11.8 Å². The molecule has 1 amide bonds. The first-order valence-corrected chi connectivity index (χ1v) is 8.84. The first-order valence-electron chi connectivity index (χ1n) is 7.47. The molecule has 1 aromatic rings. The summed E-state index contributed by atoms with van der Waals surface area (Å²) in [5.41, 5.74) is 0. The van der Waals surface area contributed by atoms with Gasteiger partial charge in [-0.2, -0.15) is 0 Å². The van der Waals surface area contributed by atoms with Gasteiger partial charge in [0.05, 0.1) is 0 Å². The number of aliphatic hydroxyl groups excluding tert-OH is 1. The van der Waals surface area contributed by atoms with Crippen LogP contribution in [0.1, 0.15) is 32.1 Å². The number of thioether (sulfide) groups is 1. The molecule has 0 radical (unpaired) electrons. The first-order chi connectivity index (χ1) is 10.2. The number of nitrogens with one attached hydrogen (secondary N) is 1. The number of aliphatic hydroxyl groups is 1. The van der Waals surface area contributed by atoms with Gasteiger partial charge < -0.3 is 10.4 Å². The summed E-state index contributed by atoms with van der Waals surface area (Å²) in [5, 5.41) is 13.2. The van der Waals surface area contributed by atoms with Crippen molar-refractivity contribution in [3.05, 3.63) is 29.3 Å². The normalized spacial score (nSPS) is 22.0. The van der Waals surface area contributed by atoms with Crippen LogP contribution in [0.2, 0.25) is 5.02 Å². The minimum atomic E-state index is 0.0850. The van der Waals surface area contributed by atoms with Crippen LogP contribution in [0.3, 0.4) is 0 Å². The lowest BCUT2D eigenvalue weighted by molar-refractivity contribution is -0.122. The van der Waals surface area contributed by atoms with E-state index in [0.717, 1.165) is 41.4 Å². The molecule has 0 aliphatic heterocycles. The lowest BCUT2D eigenvalue weighted by atomic mass is 9.85. The molecule has 21 heavy (non-hydrogen) atoms. The van der Waals surface area contributed by atoms with Crippen molar-refractivity contribution in [2.45, 2.75) is 43.0 Å². The van der Waals surface area contributed by atoms with Gasteiger partial charge in [-0.05, 0) is 37.1 Å². The first kappa shape index (κ1) is 16.7. The third-order valence-corrected chi connectivity index (χ3v) is 5.17. The molecule has 0 spiro atoms. The molecule has 3 nitrogen and oxygen atoms in total. The topological polar surface area (TPSA) is 49.3 Å². The molecule has 116 valence electrons. The van der Waals surface area contributed by atoms with Crippen LogP contribution in [-0.4, -0.2) is 29.4 Å². The van der Waals surface area contributed by atoms with E-state index < -0.39 is 0 Å². The van der Waals surface area contributed by atoms with E-state index in [2.05, 4.69) is 5.32 Å². The van der Waals surface area contributed by atoms with Crippen molar-refractivity contribution in [3.8, 4) is 0 Å². The van der Waals surface area contributed by atoms with Crippen molar-refractivity contribution in [2.75, 3.05) is 12.4 Å². The van der Waals surface area contributed by atoms with Gasteiger partial charge in [0.2, 0.25) is 5.91 Å². The zero-order valence-corrected chi connectivity index (χ0v) is 13.6. The number of benzene rings is 1. The highest BCUT2D eigenvalue weighted by molar-refractivity contribution is 7.99. The predicted molar refractivity (Wildman–Crippen MR) is 87.8 cm³/mol. The van der Waals surface area contributed by atoms with Gasteiger partial charge in [0.15, 0.2) is 0 Å². The van der Waals surface area contributed by atoms with Crippen LogP contribution >= 0.6 is 23.4 Å². The molecule has 2 atom stereocenters. The third kappa shape index (κ3) is 5.53. The average Bonchev–Trinajstić information content (AvgIpc) is 2.50. The Morgan fingerprint density at radius 1 is 1.29 bits per heavy atom. The molecule has 2 N–H and O–H groups in total. The smallest absolute Gasteiger partial charge is 0.221 e. The number of halogens is 1. The Bertz CT molecular complexity index is 452. The largest absolute Gasteiger partial charge is 0.396 e. The van der Waals surface area contributed by atoms with Gasteiger partial charge in [0.25, 0.3) is 0 Å². The summed E-state index contributed by atoms with van der Waals surface area (Å²) in [6, 6.07) is 7.80. The minimum Gasteiger partial charge on any atom is -0.396 e. The molecule has 1 fully saturated rings. The highest BCUT2D eigenvalue weighted by atomic mass is 35.5. The van der Waals surface area contributed by atoms with Gasteiger partial charge >= 0.3 is 0 Å². The van der Waals surface area contributed by atoms with E-state index in [9.17, 15) is 9.90 Å². The fourth-order valence-corrected chi connectivity index (χ4v) is 3.67. The van der Waals surface area contributed by atoms with Crippen molar-refractivity contribution in [3.63, 3.8) is 0 Å². The fourth-order valence-electron chi connectivity index (χ4n) is 2.69. The van der Waals surface area contributed by atoms with Gasteiger partial charge in [-0.1, -0.05) is 24.4 Å². The van der Waals surface area contributed by atoms with Crippen molar-refractivity contribution in [1.29, 1.82) is 0 Å². The zero-order valence-electron chi connectivity index (χ0n) is 12.1. The van der Waals surface area contributed by atoms with Crippen molar-refractivity contribution in [2.24, 2.45) is 5.92 Å². The van der Waals surface area contributed by atoms with Crippen LogP contribution < -0.4 is 5.32 Å². The van der Waals surface area contributed by atoms with Crippen LogP contribution in [0, 0.1) is 5.92 Å². The maximum Gasteiger partial charge on any atom is 0.221 e. The van der Waals surface area contributed by atoms with Crippen LogP contribution in [-0.2, 0) is 4.79 Å². The monoisotopic (exact) mass is 327 g/mol. The molecule has 1 aliphatic rings. The quantitative estimate of drug-likeness (QED) is 0.786. The second-order valence-corrected chi connectivity index (χ2v) is 7.06. The molecule has 0 aromatic heterocycles. The number of rotatable bonds is 6. The van der Waals surface area contributed by atoms with Crippen molar-refractivity contribution < 1.29 is 9.90 Å². The summed E-state index contributed by atoms with van der Waals surface area (Å²) in [7, 11) is 0. The van der Waals surface area contributed by atoms with Crippen LogP contribution in [0.5, 0.6) is 0 Å². The van der Waals surface area contributed by atoms with Crippen molar-refractivity contribution >= 4 is 29.3 Å². The average molecular weight is 328 g/mol. The molecular weight excluding hydrogens is 306 g/mol. The summed E-state index contributed by atoms with van der Waals surface area (Å²) >= 11 is 7.50.